The molecule has 28 heavy (non-hydrogen) atoms. The minimum atomic E-state index is -4.91. The third kappa shape index (κ3) is 2.93. The smallest absolute Gasteiger partial charge is 0.471 e. The third-order valence-electron chi connectivity index (χ3n) is 7.28. The van der Waals surface area contributed by atoms with Gasteiger partial charge in [0.2, 0.25) is 0 Å². The Hall–Kier alpha value is -1.96. The van der Waals surface area contributed by atoms with Gasteiger partial charge in [0.05, 0.1) is 6.10 Å². The number of hydrogen-bond acceptors (Lipinski definition) is 5. The van der Waals surface area contributed by atoms with Gasteiger partial charge in [0, 0.05) is 0 Å². The maximum Gasteiger partial charge on any atom is 0.471 e. The molecule has 1 aromatic carbocycles. The highest BCUT2D eigenvalue weighted by atomic mass is 19.4. The molecular formula is C20H24F3NO4. The van der Waals surface area contributed by atoms with Gasteiger partial charge in [-0.3, -0.25) is 0 Å². The number of oxime groups is 1. The molecule has 0 saturated heterocycles. The van der Waals surface area contributed by atoms with Crippen molar-refractivity contribution in [2.45, 2.75) is 63.3 Å². The topological polar surface area (TPSA) is 82.3 Å². The van der Waals surface area contributed by atoms with Crippen LogP contribution in [0.25, 0.3) is 0 Å². The fourth-order valence-corrected chi connectivity index (χ4v) is 5.92. The summed E-state index contributed by atoms with van der Waals surface area (Å²) in [6.07, 6.45) is -2.74. The number of aliphatic hydroxyl groups excluding tert-OH is 1. The molecule has 1 unspecified atom stereocenters. The first-order valence-corrected chi connectivity index (χ1v) is 9.62. The van der Waals surface area contributed by atoms with Crippen molar-refractivity contribution in [1.29, 1.82) is 0 Å². The SMILES string of the molecule is C[C@]12CC[C@@H]3c4ccc(O)cc4C(OC(=NO)C(F)(F)F)C[C@H]3[C@@H]1CC[C@H]2O. The summed E-state index contributed by atoms with van der Waals surface area (Å²) in [5.74, 6) is -1.33. The summed E-state index contributed by atoms with van der Waals surface area (Å²) in [6, 6.07) is 4.74. The molecule has 154 valence electrons. The molecule has 4 rings (SSSR count). The van der Waals surface area contributed by atoms with Crippen molar-refractivity contribution in [3.05, 3.63) is 29.3 Å². The number of phenolic OH excluding ortho intramolecular Hbond substituents is 1. The zero-order valence-corrected chi connectivity index (χ0v) is 15.5. The fourth-order valence-electron chi connectivity index (χ4n) is 5.92. The summed E-state index contributed by atoms with van der Waals surface area (Å²) in [5, 5.41) is 31.5. The zero-order chi connectivity index (χ0) is 20.3. The average Bonchev–Trinajstić information content (AvgIpc) is 2.93. The lowest BCUT2D eigenvalue weighted by Gasteiger charge is -2.51. The van der Waals surface area contributed by atoms with Crippen molar-refractivity contribution in [2.75, 3.05) is 0 Å². The van der Waals surface area contributed by atoms with Gasteiger partial charge in [-0.15, -0.1) is 0 Å². The molecule has 8 heteroatoms. The molecule has 0 aromatic heterocycles. The second-order valence-electron chi connectivity index (χ2n) is 8.57. The number of fused-ring (bicyclic) bond motifs is 5. The Kier molecular flexibility index (Phi) is 4.52. The second-order valence-corrected chi connectivity index (χ2v) is 8.57. The number of benzene rings is 1. The van der Waals surface area contributed by atoms with Crippen molar-refractivity contribution in [2.24, 2.45) is 22.4 Å². The van der Waals surface area contributed by atoms with Crippen LogP contribution >= 0.6 is 0 Å². The molecule has 0 heterocycles. The molecule has 5 nitrogen and oxygen atoms in total. The Morgan fingerprint density at radius 1 is 1.21 bits per heavy atom. The van der Waals surface area contributed by atoms with Crippen molar-refractivity contribution in [3.8, 4) is 5.75 Å². The Balaban J connectivity index is 1.73. The van der Waals surface area contributed by atoms with Crippen LogP contribution in [0.3, 0.4) is 0 Å². The quantitative estimate of drug-likeness (QED) is 0.282. The average molecular weight is 399 g/mol. The number of halogens is 3. The van der Waals surface area contributed by atoms with E-state index in [9.17, 15) is 23.4 Å². The number of rotatable bonds is 1. The second kappa shape index (κ2) is 6.54. The lowest BCUT2D eigenvalue weighted by Crippen LogP contribution is -2.45. The molecule has 2 saturated carbocycles. The van der Waals surface area contributed by atoms with Crippen LogP contribution in [0.2, 0.25) is 0 Å². The number of alkyl halides is 3. The van der Waals surface area contributed by atoms with Crippen LogP contribution in [0.1, 0.15) is 62.2 Å². The summed E-state index contributed by atoms with van der Waals surface area (Å²) < 4.78 is 44.4. The van der Waals surface area contributed by atoms with Crippen molar-refractivity contribution in [1.82, 2.24) is 0 Å². The van der Waals surface area contributed by atoms with E-state index in [1.54, 1.807) is 12.1 Å². The molecule has 0 radical (unpaired) electrons. The highest BCUT2D eigenvalue weighted by Gasteiger charge is 2.56. The van der Waals surface area contributed by atoms with Crippen LogP contribution in [0.15, 0.2) is 23.4 Å². The highest BCUT2D eigenvalue weighted by molar-refractivity contribution is 5.81. The van der Waals surface area contributed by atoms with Gasteiger partial charge in [-0.2, -0.15) is 13.2 Å². The van der Waals surface area contributed by atoms with Crippen molar-refractivity contribution in [3.63, 3.8) is 0 Å². The molecule has 0 aliphatic heterocycles. The molecule has 1 aromatic rings. The van der Waals surface area contributed by atoms with Crippen LogP contribution in [-0.4, -0.2) is 33.6 Å². The van der Waals surface area contributed by atoms with Gasteiger partial charge >= 0.3 is 12.1 Å². The molecule has 0 amide bonds. The van der Waals surface area contributed by atoms with E-state index in [1.807, 2.05) is 0 Å². The van der Waals surface area contributed by atoms with Gasteiger partial charge in [-0.05, 0) is 83.7 Å². The normalized spacial score (nSPS) is 37.8. The maximum atomic E-state index is 13.1. The molecule has 3 aliphatic carbocycles. The van der Waals surface area contributed by atoms with Gasteiger partial charge in [0.1, 0.15) is 11.9 Å². The van der Waals surface area contributed by atoms with Gasteiger partial charge < -0.3 is 20.2 Å². The van der Waals surface area contributed by atoms with Gasteiger partial charge in [-0.25, -0.2) is 0 Å². The van der Waals surface area contributed by atoms with Gasteiger partial charge in [0.25, 0.3) is 0 Å². The molecule has 2 fully saturated rings. The van der Waals surface area contributed by atoms with E-state index < -0.39 is 24.3 Å². The van der Waals surface area contributed by atoms with Crippen molar-refractivity contribution >= 4 is 5.90 Å². The van der Waals surface area contributed by atoms with Crippen molar-refractivity contribution < 1.29 is 33.3 Å². The van der Waals surface area contributed by atoms with E-state index in [0.717, 1.165) is 24.8 Å². The molecule has 0 bridgehead atoms. The molecule has 0 spiro atoms. The Morgan fingerprint density at radius 3 is 2.64 bits per heavy atom. The molecule has 3 aliphatic rings. The Labute approximate surface area is 160 Å². The van der Waals surface area contributed by atoms with Crippen LogP contribution < -0.4 is 0 Å². The number of phenols is 1. The van der Waals surface area contributed by atoms with Crippen LogP contribution in [0, 0.1) is 17.3 Å². The maximum absolute atomic E-state index is 13.1. The first-order chi connectivity index (χ1) is 13.1. The van der Waals surface area contributed by atoms with E-state index in [2.05, 4.69) is 12.1 Å². The minimum absolute atomic E-state index is 0.0442. The standard InChI is InChI=1S/C20H24F3NO4/c1-19-7-6-12-11-3-2-10(25)8-14(11)16(28-18(24-27)20(21,22)23)9-13(12)15(19)4-5-17(19)26/h2-3,8,12-13,15-17,25-27H,4-7,9H2,1H3/t12-,13-,15+,16?,17-,19+/m1/s1. The van der Waals surface area contributed by atoms with E-state index in [-0.39, 0.29) is 28.9 Å². The lowest BCUT2D eigenvalue weighted by molar-refractivity contribution is -0.0925. The number of aromatic hydroxyl groups is 1. The van der Waals surface area contributed by atoms with E-state index in [1.165, 1.54) is 6.07 Å². The van der Waals surface area contributed by atoms with Crippen LogP contribution in [-0.2, 0) is 4.74 Å². The first kappa shape index (κ1) is 19.4. The third-order valence-corrected chi connectivity index (χ3v) is 7.28. The summed E-state index contributed by atoms with van der Waals surface area (Å²) in [6.45, 7) is 2.07. The molecule has 3 N–H and O–H groups in total. The number of aliphatic hydroxyl groups is 1. The van der Waals surface area contributed by atoms with E-state index >= 15 is 0 Å². The van der Waals surface area contributed by atoms with Crippen LogP contribution in [0.4, 0.5) is 13.2 Å². The predicted molar refractivity (Wildman–Crippen MR) is 94.1 cm³/mol. The molecule has 6 atom stereocenters. The largest absolute Gasteiger partial charge is 0.508 e. The summed E-state index contributed by atoms with van der Waals surface area (Å²) in [5.41, 5.74) is 1.15. The predicted octanol–water partition coefficient (Wildman–Crippen LogP) is 4.47. The number of nitrogens with zero attached hydrogens (tertiary/aromatic N) is 1. The minimum Gasteiger partial charge on any atom is -0.508 e. The first-order valence-electron chi connectivity index (χ1n) is 9.62. The van der Waals surface area contributed by atoms with Gasteiger partial charge in [-0.1, -0.05) is 13.0 Å². The van der Waals surface area contributed by atoms with E-state index in [4.69, 9.17) is 9.94 Å². The lowest BCUT2D eigenvalue weighted by atomic mass is 9.55. The summed E-state index contributed by atoms with van der Waals surface area (Å²) in [4.78, 5) is 0. The van der Waals surface area contributed by atoms with Gasteiger partial charge in [0.15, 0.2) is 0 Å². The monoisotopic (exact) mass is 399 g/mol. The number of hydrogen-bond donors (Lipinski definition) is 3. The summed E-state index contributed by atoms with van der Waals surface area (Å²) >= 11 is 0. The number of ether oxygens (including phenoxy) is 1. The Bertz CT molecular complexity index is 796. The summed E-state index contributed by atoms with van der Waals surface area (Å²) in [7, 11) is 0. The Morgan fingerprint density at radius 2 is 1.96 bits per heavy atom. The fraction of sp³-hybridized carbons (Fsp3) is 0.650. The van der Waals surface area contributed by atoms with E-state index in [0.29, 0.717) is 18.4 Å². The molecular weight excluding hydrogens is 375 g/mol. The highest BCUT2D eigenvalue weighted by Crippen LogP contribution is 2.62. The zero-order valence-electron chi connectivity index (χ0n) is 15.5. The van der Waals surface area contributed by atoms with Crippen LogP contribution in [0.5, 0.6) is 5.75 Å².